The average molecular weight is 227 g/mol. The SMILES string of the molecule is CN(CC(O)C1CC1)C(=O)C1CCCOC1. The third-order valence-corrected chi connectivity index (χ3v) is 3.51. The number of nitrogens with zero attached hydrogens (tertiary/aromatic N) is 1. The molecular formula is C12H21NO3. The van der Waals surface area contributed by atoms with Crippen LogP contribution in [0.2, 0.25) is 0 Å². The van der Waals surface area contributed by atoms with Gasteiger partial charge in [0, 0.05) is 20.2 Å². The minimum atomic E-state index is -0.335. The lowest BCUT2D eigenvalue weighted by Crippen LogP contribution is -2.41. The molecule has 1 aliphatic carbocycles. The van der Waals surface area contributed by atoms with E-state index in [1.807, 2.05) is 0 Å². The van der Waals surface area contributed by atoms with Crippen molar-refractivity contribution in [2.45, 2.75) is 31.8 Å². The van der Waals surface area contributed by atoms with Crippen LogP contribution >= 0.6 is 0 Å². The molecule has 1 N–H and O–H groups in total. The van der Waals surface area contributed by atoms with Crippen molar-refractivity contribution in [1.82, 2.24) is 4.90 Å². The standard InChI is InChI=1S/C12H21NO3/c1-13(7-11(14)9-4-5-9)12(15)10-3-2-6-16-8-10/h9-11,14H,2-8H2,1H3. The first-order valence-corrected chi connectivity index (χ1v) is 6.19. The molecule has 0 radical (unpaired) electrons. The normalized spacial score (nSPS) is 27.5. The number of rotatable bonds is 4. The molecule has 1 amide bonds. The van der Waals surface area contributed by atoms with E-state index in [1.165, 1.54) is 0 Å². The molecule has 4 nitrogen and oxygen atoms in total. The molecule has 1 heterocycles. The summed E-state index contributed by atoms with van der Waals surface area (Å²) < 4.78 is 5.31. The monoisotopic (exact) mass is 227 g/mol. The number of hydrogen-bond donors (Lipinski definition) is 1. The Labute approximate surface area is 96.6 Å². The van der Waals surface area contributed by atoms with Crippen molar-refractivity contribution in [1.29, 1.82) is 0 Å². The van der Waals surface area contributed by atoms with Gasteiger partial charge in [-0.25, -0.2) is 0 Å². The summed E-state index contributed by atoms with van der Waals surface area (Å²) in [6.45, 7) is 1.79. The van der Waals surface area contributed by atoms with Gasteiger partial charge in [-0.15, -0.1) is 0 Å². The number of ether oxygens (including phenoxy) is 1. The van der Waals surface area contributed by atoms with E-state index in [1.54, 1.807) is 11.9 Å². The first-order chi connectivity index (χ1) is 7.68. The Balaban J connectivity index is 1.78. The van der Waals surface area contributed by atoms with Gasteiger partial charge in [-0.05, 0) is 31.6 Å². The van der Waals surface area contributed by atoms with E-state index in [4.69, 9.17) is 4.74 Å². The highest BCUT2D eigenvalue weighted by atomic mass is 16.5. The van der Waals surface area contributed by atoms with Crippen LogP contribution in [0.25, 0.3) is 0 Å². The van der Waals surface area contributed by atoms with Crippen LogP contribution in [0, 0.1) is 11.8 Å². The Bertz CT molecular complexity index is 247. The first kappa shape index (κ1) is 11.9. The minimum Gasteiger partial charge on any atom is -0.391 e. The summed E-state index contributed by atoms with van der Waals surface area (Å²) >= 11 is 0. The lowest BCUT2D eigenvalue weighted by atomic mass is 10.0. The zero-order valence-corrected chi connectivity index (χ0v) is 9.89. The second kappa shape index (κ2) is 5.15. The summed E-state index contributed by atoms with van der Waals surface area (Å²) in [5, 5.41) is 9.78. The molecule has 0 spiro atoms. The van der Waals surface area contributed by atoms with E-state index < -0.39 is 0 Å². The zero-order chi connectivity index (χ0) is 11.5. The summed E-state index contributed by atoms with van der Waals surface area (Å²) in [6.07, 6.45) is 3.77. The second-order valence-electron chi connectivity index (χ2n) is 5.04. The molecule has 2 rings (SSSR count). The van der Waals surface area contributed by atoms with Gasteiger partial charge in [-0.2, -0.15) is 0 Å². The second-order valence-corrected chi connectivity index (χ2v) is 5.04. The van der Waals surface area contributed by atoms with E-state index >= 15 is 0 Å². The van der Waals surface area contributed by atoms with Crippen LogP contribution in [0.4, 0.5) is 0 Å². The number of carbonyl (C=O) groups is 1. The van der Waals surface area contributed by atoms with Gasteiger partial charge in [0.1, 0.15) is 0 Å². The predicted octanol–water partition coefficient (Wildman–Crippen LogP) is 0.642. The Morgan fingerprint density at radius 3 is 2.81 bits per heavy atom. The highest BCUT2D eigenvalue weighted by Crippen LogP contribution is 2.32. The van der Waals surface area contributed by atoms with Crippen LogP contribution in [-0.4, -0.2) is 48.8 Å². The van der Waals surface area contributed by atoms with Gasteiger partial charge in [0.25, 0.3) is 0 Å². The highest BCUT2D eigenvalue weighted by molar-refractivity contribution is 5.78. The molecule has 2 fully saturated rings. The quantitative estimate of drug-likeness (QED) is 0.767. The number of hydrogen-bond acceptors (Lipinski definition) is 3. The summed E-state index contributed by atoms with van der Waals surface area (Å²) in [6, 6.07) is 0. The molecule has 16 heavy (non-hydrogen) atoms. The largest absolute Gasteiger partial charge is 0.391 e. The highest BCUT2D eigenvalue weighted by Gasteiger charge is 2.32. The maximum atomic E-state index is 12.0. The number of aliphatic hydroxyl groups is 1. The Kier molecular flexibility index (Phi) is 3.82. The third-order valence-electron chi connectivity index (χ3n) is 3.51. The van der Waals surface area contributed by atoms with Crippen LogP contribution in [-0.2, 0) is 9.53 Å². The van der Waals surface area contributed by atoms with Crippen molar-refractivity contribution in [2.24, 2.45) is 11.8 Å². The van der Waals surface area contributed by atoms with E-state index in [9.17, 15) is 9.90 Å². The number of aliphatic hydroxyl groups excluding tert-OH is 1. The smallest absolute Gasteiger partial charge is 0.227 e. The van der Waals surface area contributed by atoms with Crippen LogP contribution in [0.15, 0.2) is 0 Å². The Morgan fingerprint density at radius 2 is 2.25 bits per heavy atom. The van der Waals surface area contributed by atoms with Crippen LogP contribution in [0.1, 0.15) is 25.7 Å². The fraction of sp³-hybridized carbons (Fsp3) is 0.917. The summed E-state index contributed by atoms with van der Waals surface area (Å²) in [7, 11) is 1.78. The molecule has 1 saturated heterocycles. The van der Waals surface area contributed by atoms with Crippen molar-refractivity contribution < 1.29 is 14.6 Å². The summed E-state index contributed by atoms with van der Waals surface area (Å²) in [5.41, 5.74) is 0. The molecule has 4 heteroatoms. The zero-order valence-electron chi connectivity index (χ0n) is 9.89. The first-order valence-electron chi connectivity index (χ1n) is 6.19. The van der Waals surface area contributed by atoms with Gasteiger partial charge < -0.3 is 14.7 Å². The van der Waals surface area contributed by atoms with Crippen LogP contribution in [0.5, 0.6) is 0 Å². The average Bonchev–Trinajstić information content (AvgIpc) is 3.13. The van der Waals surface area contributed by atoms with E-state index in [0.717, 1.165) is 32.3 Å². The third kappa shape index (κ3) is 2.95. The molecule has 92 valence electrons. The topological polar surface area (TPSA) is 49.8 Å². The number of likely N-dealkylation sites (N-methyl/N-ethyl adjacent to an activating group) is 1. The lowest BCUT2D eigenvalue weighted by Gasteiger charge is -2.27. The molecule has 0 aromatic rings. The molecule has 0 aromatic carbocycles. The fourth-order valence-electron chi connectivity index (χ4n) is 2.25. The van der Waals surface area contributed by atoms with Crippen molar-refractivity contribution in [2.75, 3.05) is 26.8 Å². The Hall–Kier alpha value is -0.610. The van der Waals surface area contributed by atoms with Crippen LogP contribution in [0.3, 0.4) is 0 Å². The molecule has 2 aliphatic rings. The molecule has 0 aromatic heterocycles. The summed E-state index contributed by atoms with van der Waals surface area (Å²) in [5.74, 6) is 0.558. The number of amides is 1. The molecule has 1 aliphatic heterocycles. The molecule has 0 bridgehead atoms. The van der Waals surface area contributed by atoms with Crippen molar-refractivity contribution in [3.8, 4) is 0 Å². The molecule has 2 atom stereocenters. The Morgan fingerprint density at radius 1 is 1.50 bits per heavy atom. The fourth-order valence-corrected chi connectivity index (χ4v) is 2.25. The minimum absolute atomic E-state index is 0.00477. The molecule has 1 saturated carbocycles. The maximum Gasteiger partial charge on any atom is 0.227 e. The van der Waals surface area contributed by atoms with Gasteiger partial charge in [0.05, 0.1) is 18.6 Å². The maximum absolute atomic E-state index is 12.0. The van der Waals surface area contributed by atoms with Crippen molar-refractivity contribution >= 4 is 5.91 Å². The predicted molar refractivity (Wildman–Crippen MR) is 59.9 cm³/mol. The number of carbonyl (C=O) groups excluding carboxylic acids is 1. The van der Waals surface area contributed by atoms with E-state index in [2.05, 4.69) is 0 Å². The van der Waals surface area contributed by atoms with Gasteiger partial charge in [0.15, 0.2) is 0 Å². The van der Waals surface area contributed by atoms with Gasteiger partial charge in [-0.3, -0.25) is 4.79 Å². The molecular weight excluding hydrogens is 206 g/mol. The van der Waals surface area contributed by atoms with Gasteiger partial charge >= 0.3 is 0 Å². The van der Waals surface area contributed by atoms with Crippen LogP contribution < -0.4 is 0 Å². The lowest BCUT2D eigenvalue weighted by molar-refractivity contribution is -0.139. The van der Waals surface area contributed by atoms with Crippen molar-refractivity contribution in [3.63, 3.8) is 0 Å². The van der Waals surface area contributed by atoms with E-state index in [-0.39, 0.29) is 17.9 Å². The van der Waals surface area contributed by atoms with E-state index in [0.29, 0.717) is 19.1 Å². The van der Waals surface area contributed by atoms with Gasteiger partial charge in [0.2, 0.25) is 5.91 Å². The molecule has 2 unspecified atom stereocenters. The van der Waals surface area contributed by atoms with Crippen molar-refractivity contribution in [3.05, 3.63) is 0 Å². The van der Waals surface area contributed by atoms with Gasteiger partial charge in [-0.1, -0.05) is 0 Å². The summed E-state index contributed by atoms with van der Waals surface area (Å²) in [4.78, 5) is 13.7.